The van der Waals surface area contributed by atoms with Gasteiger partial charge < -0.3 is 4.74 Å². The van der Waals surface area contributed by atoms with Crippen molar-refractivity contribution in [2.45, 2.75) is 25.2 Å². The molecule has 0 unspecified atom stereocenters. The summed E-state index contributed by atoms with van der Waals surface area (Å²) in [4.78, 5) is 21.2. The minimum atomic E-state index is -4.19. The van der Waals surface area contributed by atoms with Crippen LogP contribution in [0.3, 0.4) is 0 Å². The molecule has 0 spiro atoms. The third-order valence-corrected chi connectivity index (χ3v) is 3.88. The molecule has 0 saturated heterocycles. The fraction of sp³-hybridized carbons (Fsp3) is 0.417. The van der Waals surface area contributed by atoms with Crippen LogP contribution in [0, 0.1) is 16.0 Å². The van der Waals surface area contributed by atoms with Gasteiger partial charge in [0.05, 0.1) is 22.0 Å². The highest BCUT2D eigenvalue weighted by atomic mass is 35.7. The molecule has 1 aromatic rings. The summed E-state index contributed by atoms with van der Waals surface area (Å²) in [6.07, 6.45) is 0.626. The first-order valence-electron chi connectivity index (χ1n) is 6.02. The average molecular weight is 336 g/mol. The van der Waals surface area contributed by atoms with Crippen molar-refractivity contribution in [3.8, 4) is 0 Å². The summed E-state index contributed by atoms with van der Waals surface area (Å²) in [5.74, 6) is -0.511. The summed E-state index contributed by atoms with van der Waals surface area (Å²) < 4.78 is 27.5. The molecule has 1 aromatic carbocycles. The van der Waals surface area contributed by atoms with E-state index in [4.69, 9.17) is 15.4 Å². The number of benzene rings is 1. The van der Waals surface area contributed by atoms with E-state index < -0.39 is 30.5 Å². The predicted octanol–water partition coefficient (Wildman–Crippen LogP) is 2.73. The number of nitrogens with zero attached hydrogens (tertiary/aromatic N) is 1. The standard InChI is InChI=1S/C12H14ClNO6S/c1-8(2)3-4-20-12(15)9-5-10(14(16)17)7-11(6-9)21(13,18)19/h5-8H,3-4H2,1-2H3. The molecule has 0 radical (unpaired) electrons. The number of esters is 1. The van der Waals surface area contributed by atoms with Gasteiger partial charge in [0.15, 0.2) is 0 Å². The molecule has 0 aliphatic carbocycles. The van der Waals surface area contributed by atoms with Crippen LogP contribution < -0.4 is 0 Å². The van der Waals surface area contributed by atoms with Crippen LogP contribution in [0.15, 0.2) is 23.1 Å². The lowest BCUT2D eigenvalue weighted by Crippen LogP contribution is -2.09. The van der Waals surface area contributed by atoms with E-state index in [2.05, 4.69) is 0 Å². The van der Waals surface area contributed by atoms with E-state index in [0.717, 1.165) is 18.2 Å². The Bertz CT molecular complexity index is 656. The molecule has 116 valence electrons. The van der Waals surface area contributed by atoms with Gasteiger partial charge in [0.2, 0.25) is 0 Å². The lowest BCUT2D eigenvalue weighted by molar-refractivity contribution is -0.385. The Labute approximate surface area is 126 Å². The predicted molar refractivity (Wildman–Crippen MR) is 75.9 cm³/mol. The second-order valence-corrected chi connectivity index (χ2v) is 7.29. The van der Waals surface area contributed by atoms with Crippen LogP contribution in [0.5, 0.6) is 0 Å². The van der Waals surface area contributed by atoms with E-state index in [-0.39, 0.29) is 12.2 Å². The minimum absolute atomic E-state index is 0.141. The van der Waals surface area contributed by atoms with Gasteiger partial charge in [0, 0.05) is 22.8 Å². The Morgan fingerprint density at radius 1 is 1.38 bits per heavy atom. The van der Waals surface area contributed by atoms with E-state index in [0.29, 0.717) is 12.3 Å². The first kappa shape index (κ1) is 17.4. The van der Waals surface area contributed by atoms with Crippen molar-refractivity contribution in [1.29, 1.82) is 0 Å². The van der Waals surface area contributed by atoms with Crippen molar-refractivity contribution in [1.82, 2.24) is 0 Å². The van der Waals surface area contributed by atoms with Crippen molar-refractivity contribution in [3.63, 3.8) is 0 Å². The smallest absolute Gasteiger partial charge is 0.338 e. The summed E-state index contributed by atoms with van der Waals surface area (Å²) in [6.45, 7) is 4.03. The molecule has 0 saturated carbocycles. The summed E-state index contributed by atoms with van der Waals surface area (Å²) in [7, 11) is 0.966. The van der Waals surface area contributed by atoms with Crippen LogP contribution in [0.2, 0.25) is 0 Å². The van der Waals surface area contributed by atoms with Gasteiger partial charge in [-0.3, -0.25) is 10.1 Å². The van der Waals surface area contributed by atoms with Crippen LogP contribution in [0.25, 0.3) is 0 Å². The van der Waals surface area contributed by atoms with Crippen molar-refractivity contribution in [2.75, 3.05) is 6.61 Å². The van der Waals surface area contributed by atoms with Gasteiger partial charge in [0.25, 0.3) is 14.7 Å². The number of rotatable bonds is 6. The van der Waals surface area contributed by atoms with Crippen LogP contribution in [-0.2, 0) is 13.8 Å². The van der Waals surface area contributed by atoms with E-state index in [1.807, 2.05) is 13.8 Å². The molecule has 9 heteroatoms. The lowest BCUT2D eigenvalue weighted by atomic mass is 10.1. The van der Waals surface area contributed by atoms with Crippen molar-refractivity contribution in [3.05, 3.63) is 33.9 Å². The normalized spacial score (nSPS) is 11.4. The first-order valence-corrected chi connectivity index (χ1v) is 8.33. The number of halogens is 1. The number of nitro groups is 1. The summed E-state index contributed by atoms with van der Waals surface area (Å²) in [5.41, 5.74) is -0.778. The zero-order valence-corrected chi connectivity index (χ0v) is 13.0. The maximum absolute atomic E-state index is 11.8. The number of hydrogen-bond acceptors (Lipinski definition) is 6. The van der Waals surface area contributed by atoms with Crippen molar-refractivity contribution < 1.29 is 22.9 Å². The minimum Gasteiger partial charge on any atom is -0.462 e. The molecular weight excluding hydrogens is 322 g/mol. The van der Waals surface area contributed by atoms with E-state index in [9.17, 15) is 23.3 Å². The fourth-order valence-electron chi connectivity index (χ4n) is 1.42. The molecule has 0 bridgehead atoms. The Hall–Kier alpha value is -1.67. The monoisotopic (exact) mass is 335 g/mol. The second kappa shape index (κ2) is 6.86. The Morgan fingerprint density at radius 3 is 2.48 bits per heavy atom. The maximum Gasteiger partial charge on any atom is 0.338 e. The molecule has 0 N–H and O–H groups in total. The fourth-order valence-corrected chi connectivity index (χ4v) is 2.21. The summed E-state index contributed by atoms with van der Waals surface area (Å²) >= 11 is 0. The quantitative estimate of drug-likeness (QED) is 0.342. The van der Waals surface area contributed by atoms with E-state index in [1.54, 1.807) is 0 Å². The summed E-state index contributed by atoms with van der Waals surface area (Å²) in [6, 6.07) is 2.68. The zero-order valence-electron chi connectivity index (χ0n) is 11.4. The van der Waals surface area contributed by atoms with Crippen LogP contribution in [-0.4, -0.2) is 25.9 Å². The van der Waals surface area contributed by atoms with Crippen molar-refractivity contribution >= 4 is 31.4 Å². The van der Waals surface area contributed by atoms with Gasteiger partial charge in [0.1, 0.15) is 0 Å². The molecule has 0 aromatic heterocycles. The van der Waals surface area contributed by atoms with Crippen molar-refractivity contribution in [2.24, 2.45) is 5.92 Å². The Morgan fingerprint density at radius 2 is 2.00 bits per heavy atom. The van der Waals surface area contributed by atoms with Crippen LogP contribution in [0.1, 0.15) is 30.6 Å². The van der Waals surface area contributed by atoms with Gasteiger partial charge >= 0.3 is 5.97 Å². The number of non-ortho nitro benzene ring substituents is 1. The highest BCUT2D eigenvalue weighted by Gasteiger charge is 2.21. The maximum atomic E-state index is 11.8. The molecule has 0 fully saturated rings. The van der Waals surface area contributed by atoms with Crippen LogP contribution >= 0.6 is 10.7 Å². The average Bonchev–Trinajstić information content (AvgIpc) is 2.36. The van der Waals surface area contributed by atoms with Gasteiger partial charge in [-0.05, 0) is 18.4 Å². The molecule has 0 heterocycles. The van der Waals surface area contributed by atoms with Gasteiger partial charge in [-0.1, -0.05) is 13.8 Å². The van der Waals surface area contributed by atoms with Gasteiger partial charge in [-0.25, -0.2) is 13.2 Å². The number of nitro benzene ring substituents is 1. The molecule has 0 aliphatic heterocycles. The lowest BCUT2D eigenvalue weighted by Gasteiger charge is -2.07. The molecule has 0 atom stereocenters. The topological polar surface area (TPSA) is 104 Å². The largest absolute Gasteiger partial charge is 0.462 e. The number of ether oxygens (including phenoxy) is 1. The third-order valence-electron chi connectivity index (χ3n) is 2.55. The SMILES string of the molecule is CC(C)CCOC(=O)c1cc([N+](=O)[O-])cc(S(=O)(=O)Cl)c1. The molecule has 7 nitrogen and oxygen atoms in total. The van der Waals surface area contributed by atoms with E-state index >= 15 is 0 Å². The highest BCUT2D eigenvalue weighted by Crippen LogP contribution is 2.24. The van der Waals surface area contributed by atoms with Gasteiger partial charge in [-0.2, -0.15) is 0 Å². The molecule has 0 aliphatic rings. The second-order valence-electron chi connectivity index (χ2n) is 4.73. The molecule has 0 amide bonds. The number of carbonyl (C=O) groups excluding carboxylic acids is 1. The Kier molecular flexibility index (Phi) is 5.68. The molecular formula is C12H14ClNO6S. The molecule has 1 rings (SSSR count). The number of hydrogen-bond donors (Lipinski definition) is 0. The number of carbonyl (C=O) groups is 1. The van der Waals surface area contributed by atoms with Gasteiger partial charge in [-0.15, -0.1) is 0 Å². The third kappa shape index (κ3) is 5.31. The zero-order chi connectivity index (χ0) is 16.2. The Balaban J connectivity index is 3.09. The first-order chi connectivity index (χ1) is 9.61. The van der Waals surface area contributed by atoms with E-state index in [1.165, 1.54) is 0 Å². The summed E-state index contributed by atoms with van der Waals surface area (Å²) in [5, 5.41) is 10.8. The molecule has 21 heavy (non-hydrogen) atoms. The van der Waals surface area contributed by atoms with Crippen LogP contribution in [0.4, 0.5) is 5.69 Å². The highest BCUT2D eigenvalue weighted by molar-refractivity contribution is 8.13.